The standard InChI is InChI=1S/C9H10O4/c10-5-8(9(12)13)6-2-1-3-7(11)4-6/h1-4,8,10-11H,5H2,(H,12,13)/t8-/m0/s1. The van der Waals surface area contributed by atoms with Crippen molar-refractivity contribution >= 4 is 5.97 Å². The third-order valence-electron chi connectivity index (χ3n) is 1.75. The number of carbonyl (C=O) groups is 1. The maximum absolute atomic E-state index is 10.6. The van der Waals surface area contributed by atoms with Gasteiger partial charge in [-0.1, -0.05) is 12.1 Å². The number of phenolic OH excluding ortho intramolecular Hbond substituents is 1. The molecule has 0 aliphatic carbocycles. The lowest BCUT2D eigenvalue weighted by atomic mass is 10.0. The van der Waals surface area contributed by atoms with Gasteiger partial charge in [0.2, 0.25) is 0 Å². The van der Waals surface area contributed by atoms with Gasteiger partial charge in [-0.05, 0) is 17.7 Å². The molecular weight excluding hydrogens is 172 g/mol. The number of carboxylic acids is 1. The fourth-order valence-electron chi connectivity index (χ4n) is 1.07. The van der Waals surface area contributed by atoms with Gasteiger partial charge in [0.05, 0.1) is 6.61 Å². The van der Waals surface area contributed by atoms with Crippen LogP contribution in [0.5, 0.6) is 5.75 Å². The van der Waals surface area contributed by atoms with Gasteiger partial charge in [-0.2, -0.15) is 0 Å². The smallest absolute Gasteiger partial charge is 0.313 e. The van der Waals surface area contributed by atoms with Crippen LogP contribution in [0.4, 0.5) is 0 Å². The van der Waals surface area contributed by atoms with Gasteiger partial charge >= 0.3 is 5.97 Å². The van der Waals surface area contributed by atoms with Crippen LogP contribution in [0.3, 0.4) is 0 Å². The zero-order chi connectivity index (χ0) is 9.84. The van der Waals surface area contributed by atoms with E-state index in [2.05, 4.69) is 0 Å². The van der Waals surface area contributed by atoms with Crippen molar-refractivity contribution in [2.75, 3.05) is 6.61 Å². The number of hydrogen-bond donors (Lipinski definition) is 3. The normalized spacial score (nSPS) is 12.4. The van der Waals surface area contributed by atoms with E-state index in [1.54, 1.807) is 6.07 Å². The van der Waals surface area contributed by atoms with Crippen LogP contribution >= 0.6 is 0 Å². The highest BCUT2D eigenvalue weighted by atomic mass is 16.4. The van der Waals surface area contributed by atoms with Crippen molar-refractivity contribution in [3.8, 4) is 5.75 Å². The van der Waals surface area contributed by atoms with Gasteiger partial charge in [-0.3, -0.25) is 4.79 Å². The summed E-state index contributed by atoms with van der Waals surface area (Å²) in [5, 5.41) is 26.5. The van der Waals surface area contributed by atoms with Crippen LogP contribution in [-0.4, -0.2) is 27.9 Å². The Bertz CT molecular complexity index is 308. The number of rotatable bonds is 3. The van der Waals surface area contributed by atoms with E-state index in [0.717, 1.165) is 0 Å². The van der Waals surface area contributed by atoms with Crippen molar-refractivity contribution < 1.29 is 20.1 Å². The first-order valence-corrected chi connectivity index (χ1v) is 3.77. The predicted octanol–water partition coefficient (Wildman–Crippen LogP) is 0.553. The summed E-state index contributed by atoms with van der Waals surface area (Å²) in [6, 6.07) is 5.86. The zero-order valence-electron chi connectivity index (χ0n) is 6.84. The molecule has 1 aromatic rings. The minimum absolute atomic E-state index is 0.00259. The minimum Gasteiger partial charge on any atom is -0.508 e. The molecule has 4 nitrogen and oxygen atoms in total. The summed E-state index contributed by atoms with van der Waals surface area (Å²) < 4.78 is 0. The molecule has 1 aromatic carbocycles. The second-order valence-corrected chi connectivity index (χ2v) is 2.67. The molecule has 0 spiro atoms. The molecule has 4 heteroatoms. The van der Waals surface area contributed by atoms with Crippen LogP contribution in [-0.2, 0) is 4.79 Å². The van der Waals surface area contributed by atoms with Crippen LogP contribution in [0, 0.1) is 0 Å². The maximum atomic E-state index is 10.6. The maximum Gasteiger partial charge on any atom is 0.313 e. The lowest BCUT2D eigenvalue weighted by Crippen LogP contribution is -2.15. The van der Waals surface area contributed by atoms with Gasteiger partial charge in [0, 0.05) is 0 Å². The fourth-order valence-corrected chi connectivity index (χ4v) is 1.07. The number of aliphatic hydroxyl groups excluding tert-OH is 1. The fraction of sp³-hybridized carbons (Fsp3) is 0.222. The van der Waals surface area contributed by atoms with Gasteiger partial charge < -0.3 is 15.3 Å². The van der Waals surface area contributed by atoms with Crippen molar-refractivity contribution in [2.45, 2.75) is 5.92 Å². The molecular formula is C9H10O4. The molecule has 0 aliphatic heterocycles. The topological polar surface area (TPSA) is 77.8 Å². The summed E-state index contributed by atoms with van der Waals surface area (Å²) in [4.78, 5) is 10.6. The molecule has 0 aliphatic rings. The quantitative estimate of drug-likeness (QED) is 0.638. The first-order valence-electron chi connectivity index (χ1n) is 3.77. The highest BCUT2D eigenvalue weighted by Gasteiger charge is 2.18. The van der Waals surface area contributed by atoms with E-state index in [0.29, 0.717) is 5.56 Å². The highest BCUT2D eigenvalue weighted by molar-refractivity contribution is 5.76. The Morgan fingerprint density at radius 1 is 1.46 bits per heavy atom. The van der Waals surface area contributed by atoms with Crippen LogP contribution in [0.1, 0.15) is 11.5 Å². The van der Waals surface area contributed by atoms with E-state index in [-0.39, 0.29) is 5.75 Å². The van der Waals surface area contributed by atoms with Crippen molar-refractivity contribution in [3.63, 3.8) is 0 Å². The Balaban J connectivity index is 2.98. The summed E-state index contributed by atoms with van der Waals surface area (Å²) in [6.45, 7) is -0.473. The van der Waals surface area contributed by atoms with Crippen LogP contribution in [0.15, 0.2) is 24.3 Å². The minimum atomic E-state index is -1.10. The second-order valence-electron chi connectivity index (χ2n) is 2.67. The van der Waals surface area contributed by atoms with E-state index in [1.807, 2.05) is 0 Å². The second kappa shape index (κ2) is 3.91. The van der Waals surface area contributed by atoms with Crippen molar-refractivity contribution in [2.24, 2.45) is 0 Å². The Hall–Kier alpha value is -1.55. The largest absolute Gasteiger partial charge is 0.508 e. The first kappa shape index (κ1) is 9.54. The number of hydrogen-bond acceptors (Lipinski definition) is 3. The molecule has 0 bridgehead atoms. The van der Waals surface area contributed by atoms with Crippen LogP contribution in [0.25, 0.3) is 0 Å². The molecule has 1 atom stereocenters. The molecule has 70 valence electrons. The molecule has 0 saturated heterocycles. The Morgan fingerprint density at radius 2 is 2.15 bits per heavy atom. The summed E-state index contributed by atoms with van der Waals surface area (Å²) in [5.41, 5.74) is 0.398. The number of carboxylic acid groups (broad SMARTS) is 1. The summed E-state index contributed by atoms with van der Waals surface area (Å²) in [6.07, 6.45) is 0. The zero-order valence-corrected chi connectivity index (χ0v) is 6.84. The molecule has 0 heterocycles. The van der Waals surface area contributed by atoms with E-state index < -0.39 is 18.5 Å². The average Bonchev–Trinajstić information content (AvgIpc) is 2.04. The van der Waals surface area contributed by atoms with Crippen molar-refractivity contribution in [3.05, 3.63) is 29.8 Å². The van der Waals surface area contributed by atoms with Gasteiger partial charge in [-0.25, -0.2) is 0 Å². The Labute approximate surface area is 75.1 Å². The van der Waals surface area contributed by atoms with Gasteiger partial charge in [0.25, 0.3) is 0 Å². The lowest BCUT2D eigenvalue weighted by molar-refractivity contribution is -0.139. The predicted molar refractivity (Wildman–Crippen MR) is 45.6 cm³/mol. The molecule has 0 radical (unpaired) electrons. The monoisotopic (exact) mass is 182 g/mol. The molecule has 13 heavy (non-hydrogen) atoms. The molecule has 1 rings (SSSR count). The highest BCUT2D eigenvalue weighted by Crippen LogP contribution is 2.19. The Morgan fingerprint density at radius 3 is 2.62 bits per heavy atom. The van der Waals surface area contributed by atoms with E-state index in [9.17, 15) is 4.79 Å². The first-order chi connectivity index (χ1) is 6.15. The van der Waals surface area contributed by atoms with Crippen molar-refractivity contribution in [1.29, 1.82) is 0 Å². The van der Waals surface area contributed by atoms with Gasteiger partial charge in [0.1, 0.15) is 11.7 Å². The number of aliphatic carboxylic acids is 1. The van der Waals surface area contributed by atoms with Gasteiger partial charge in [-0.15, -0.1) is 0 Å². The number of phenols is 1. The van der Waals surface area contributed by atoms with Crippen LogP contribution in [0.2, 0.25) is 0 Å². The number of benzene rings is 1. The lowest BCUT2D eigenvalue weighted by Gasteiger charge is -2.08. The van der Waals surface area contributed by atoms with E-state index >= 15 is 0 Å². The molecule has 0 fully saturated rings. The summed E-state index contributed by atoms with van der Waals surface area (Å²) in [7, 11) is 0. The van der Waals surface area contributed by atoms with E-state index in [4.69, 9.17) is 15.3 Å². The SMILES string of the molecule is O=C(O)[C@@H](CO)c1cccc(O)c1. The molecule has 3 N–H and O–H groups in total. The third-order valence-corrected chi connectivity index (χ3v) is 1.75. The summed E-state index contributed by atoms with van der Waals surface area (Å²) in [5.74, 6) is -2.07. The number of aliphatic hydroxyl groups is 1. The molecule has 0 unspecified atom stereocenters. The molecule has 0 saturated carbocycles. The third kappa shape index (κ3) is 2.19. The summed E-state index contributed by atoms with van der Waals surface area (Å²) >= 11 is 0. The average molecular weight is 182 g/mol. The van der Waals surface area contributed by atoms with Gasteiger partial charge in [0.15, 0.2) is 0 Å². The number of aromatic hydroxyl groups is 1. The Kier molecular flexibility index (Phi) is 2.87. The van der Waals surface area contributed by atoms with Crippen LogP contribution < -0.4 is 0 Å². The molecule has 0 amide bonds. The molecule has 0 aromatic heterocycles. The van der Waals surface area contributed by atoms with E-state index in [1.165, 1.54) is 18.2 Å². The van der Waals surface area contributed by atoms with Crippen molar-refractivity contribution in [1.82, 2.24) is 0 Å².